The lowest BCUT2D eigenvalue weighted by atomic mass is 9.87. The van der Waals surface area contributed by atoms with E-state index in [2.05, 4.69) is 142 Å². The van der Waals surface area contributed by atoms with E-state index in [1.807, 2.05) is 49.4 Å². The molecule has 0 saturated heterocycles. The summed E-state index contributed by atoms with van der Waals surface area (Å²) in [6.45, 7) is 8.58. The Morgan fingerprint density at radius 2 is 1.32 bits per heavy atom. The van der Waals surface area contributed by atoms with Crippen LogP contribution >= 0.6 is 0 Å². The van der Waals surface area contributed by atoms with E-state index in [0.717, 1.165) is 67.5 Å². The highest BCUT2D eigenvalue weighted by Crippen LogP contribution is 2.44. The number of aromatic nitrogens is 3. The zero-order chi connectivity index (χ0) is 40.0. The largest absolute Gasteiger partial charge is 0.485 e. The number of nitrogens with zero attached hydrogens (tertiary/aromatic N) is 3. The fourth-order valence-corrected chi connectivity index (χ4v) is 8.82. The molecule has 0 N–H and O–H groups in total. The highest BCUT2D eigenvalue weighted by Gasteiger charge is 2.37. The smallest absolute Gasteiger partial charge is 0.164 e. The third-order valence-corrected chi connectivity index (χ3v) is 11.8. The number of furan rings is 1. The first-order chi connectivity index (χ1) is 29.0. The number of hydrogen-bond donors (Lipinski definition) is 0. The van der Waals surface area contributed by atoms with Gasteiger partial charge in [-0.15, -0.1) is 0 Å². The van der Waals surface area contributed by atoms with Crippen molar-refractivity contribution < 1.29 is 9.15 Å². The van der Waals surface area contributed by atoms with E-state index >= 15 is 0 Å². The minimum Gasteiger partial charge on any atom is -0.485 e. The Morgan fingerprint density at radius 3 is 2.14 bits per heavy atom. The first-order valence-corrected chi connectivity index (χ1v) is 20.4. The van der Waals surface area contributed by atoms with Gasteiger partial charge < -0.3 is 9.15 Å². The van der Waals surface area contributed by atoms with Crippen molar-refractivity contribution in [3.63, 3.8) is 0 Å². The molecule has 2 atom stereocenters. The highest BCUT2D eigenvalue weighted by atomic mass is 16.5. The Labute approximate surface area is 344 Å². The molecule has 286 valence electrons. The summed E-state index contributed by atoms with van der Waals surface area (Å²) >= 11 is 0. The topological polar surface area (TPSA) is 61.0 Å². The van der Waals surface area contributed by atoms with Gasteiger partial charge >= 0.3 is 0 Å². The van der Waals surface area contributed by atoms with Crippen LogP contribution in [0.5, 0.6) is 0 Å². The van der Waals surface area contributed by atoms with Gasteiger partial charge in [0.2, 0.25) is 0 Å². The zero-order valence-electron chi connectivity index (χ0n) is 33.6. The van der Waals surface area contributed by atoms with Crippen LogP contribution in [0.1, 0.15) is 37.7 Å². The minimum atomic E-state index is -0.229. The molecule has 3 heterocycles. The second-order valence-electron chi connectivity index (χ2n) is 15.4. The molecule has 2 aliphatic rings. The monoisotopic (exact) mass is 765 g/mol. The van der Waals surface area contributed by atoms with E-state index in [1.54, 1.807) is 0 Å². The summed E-state index contributed by atoms with van der Waals surface area (Å²) in [4.78, 5) is 15.6. The van der Waals surface area contributed by atoms with Crippen LogP contribution in [0.2, 0.25) is 0 Å². The van der Waals surface area contributed by atoms with Crippen LogP contribution in [0.3, 0.4) is 0 Å². The number of benzene rings is 6. The minimum absolute atomic E-state index is 0.102. The fraction of sp³-hybridized carbons (Fsp3) is 0.130. The maximum atomic E-state index is 6.60. The van der Waals surface area contributed by atoms with E-state index in [0.29, 0.717) is 17.5 Å². The maximum absolute atomic E-state index is 6.60. The predicted octanol–water partition coefficient (Wildman–Crippen LogP) is 13.8. The van der Waals surface area contributed by atoms with E-state index < -0.39 is 0 Å². The van der Waals surface area contributed by atoms with Gasteiger partial charge in [0.05, 0.1) is 0 Å². The van der Waals surface area contributed by atoms with Crippen molar-refractivity contribution in [1.82, 2.24) is 15.0 Å². The van der Waals surface area contributed by atoms with Crippen molar-refractivity contribution >= 4 is 27.5 Å². The molecule has 10 rings (SSSR count). The number of ether oxygens (including phenoxy) is 1. The number of aryl methyl sites for hydroxylation is 2. The summed E-state index contributed by atoms with van der Waals surface area (Å²) in [6.07, 6.45) is 11.2. The molecule has 0 spiro atoms. The first kappa shape index (κ1) is 36.2. The van der Waals surface area contributed by atoms with E-state index in [9.17, 15) is 0 Å². The Balaban J connectivity index is 1.10. The molecular weight excluding hydrogens is 723 g/mol. The molecule has 0 bridgehead atoms. The number of fused-ring (bicyclic) bond motifs is 4. The van der Waals surface area contributed by atoms with Crippen LogP contribution < -0.4 is 0 Å². The summed E-state index contributed by atoms with van der Waals surface area (Å²) in [5, 5.41) is 2.12. The SMILES string of the molecule is C/C=C\C1=C(C)C2C=CC=C(c3nc(-c4ccccc4)nc(-c4ccccc4-c4cccc5oc6ccc(-c7ccc(-c8ccccc8CC)c(C)c7)cc6c45)n3)C2O1. The summed E-state index contributed by atoms with van der Waals surface area (Å²) in [6, 6.07) is 46.9. The standard InChI is InChI=1S/C54H43N3O2/c1-5-16-47-34(4)40-23-14-25-45(51(40)59-47)54-56-52(36-18-8-7-9-19-36)55-53(57-54)44-22-13-12-21-42(44)43-24-15-26-49-50(43)46-32-38(28-30-48(46)58-49)37-27-29-39(33(3)31-37)41-20-11-10-17-35(41)6-2/h5,7-32,40,51H,6H2,1-4H3/b16-5-. The normalized spacial score (nSPS) is 16.2. The van der Waals surface area contributed by atoms with Gasteiger partial charge in [0.25, 0.3) is 0 Å². The van der Waals surface area contributed by atoms with E-state index in [4.69, 9.17) is 24.1 Å². The average Bonchev–Trinajstić information content (AvgIpc) is 3.83. The van der Waals surface area contributed by atoms with Crippen molar-refractivity contribution in [3.8, 4) is 56.2 Å². The molecule has 6 aromatic carbocycles. The van der Waals surface area contributed by atoms with E-state index in [1.165, 1.54) is 33.4 Å². The van der Waals surface area contributed by atoms with Crippen LogP contribution in [0, 0.1) is 12.8 Å². The summed E-state index contributed by atoms with van der Waals surface area (Å²) < 4.78 is 13.1. The van der Waals surface area contributed by atoms with Crippen molar-refractivity contribution in [2.75, 3.05) is 0 Å². The van der Waals surface area contributed by atoms with Gasteiger partial charge in [0.15, 0.2) is 17.5 Å². The van der Waals surface area contributed by atoms with Crippen LogP contribution in [0.15, 0.2) is 180 Å². The molecule has 59 heavy (non-hydrogen) atoms. The fourth-order valence-electron chi connectivity index (χ4n) is 8.82. The van der Waals surface area contributed by atoms with Crippen molar-refractivity contribution in [2.45, 2.75) is 40.2 Å². The highest BCUT2D eigenvalue weighted by molar-refractivity contribution is 6.14. The van der Waals surface area contributed by atoms with Gasteiger partial charge in [0, 0.05) is 33.4 Å². The van der Waals surface area contributed by atoms with Crippen LogP contribution in [0.4, 0.5) is 0 Å². The van der Waals surface area contributed by atoms with E-state index in [-0.39, 0.29) is 12.0 Å². The number of rotatable bonds is 8. The Kier molecular flexibility index (Phi) is 9.22. The predicted molar refractivity (Wildman–Crippen MR) is 241 cm³/mol. The van der Waals surface area contributed by atoms with Crippen molar-refractivity contribution in [1.29, 1.82) is 0 Å². The third kappa shape index (κ3) is 6.40. The lowest BCUT2D eigenvalue weighted by Crippen LogP contribution is -2.22. The van der Waals surface area contributed by atoms with Gasteiger partial charge in [-0.25, -0.2) is 15.0 Å². The summed E-state index contributed by atoms with van der Waals surface area (Å²) in [5.41, 5.74) is 15.2. The Morgan fingerprint density at radius 1 is 0.610 bits per heavy atom. The molecule has 0 saturated carbocycles. The number of allylic oxidation sites excluding steroid dienone is 4. The van der Waals surface area contributed by atoms with Gasteiger partial charge in [-0.2, -0.15) is 0 Å². The molecule has 2 unspecified atom stereocenters. The molecular formula is C54H43N3O2. The molecule has 0 radical (unpaired) electrons. The molecule has 1 aliphatic carbocycles. The van der Waals surface area contributed by atoms with Gasteiger partial charge in [-0.05, 0) is 102 Å². The molecule has 8 aromatic rings. The second kappa shape index (κ2) is 15.0. The number of hydrogen-bond acceptors (Lipinski definition) is 5. The zero-order valence-corrected chi connectivity index (χ0v) is 33.6. The first-order valence-electron chi connectivity index (χ1n) is 20.4. The lowest BCUT2D eigenvalue weighted by molar-refractivity contribution is 0.181. The Bertz CT molecular complexity index is 3060. The van der Waals surface area contributed by atoms with Crippen molar-refractivity contribution in [3.05, 3.63) is 192 Å². The van der Waals surface area contributed by atoms with Gasteiger partial charge in [-0.3, -0.25) is 0 Å². The van der Waals surface area contributed by atoms with Crippen LogP contribution in [-0.4, -0.2) is 21.1 Å². The van der Waals surface area contributed by atoms with Crippen LogP contribution in [0.25, 0.3) is 83.7 Å². The molecule has 5 heteroatoms. The van der Waals surface area contributed by atoms with Crippen molar-refractivity contribution in [2.24, 2.45) is 5.92 Å². The average molecular weight is 766 g/mol. The third-order valence-electron chi connectivity index (χ3n) is 11.8. The molecule has 0 amide bonds. The quantitative estimate of drug-likeness (QED) is 0.154. The molecule has 5 nitrogen and oxygen atoms in total. The molecule has 1 aliphatic heterocycles. The maximum Gasteiger partial charge on any atom is 0.164 e. The Hall–Kier alpha value is -7.11. The summed E-state index contributed by atoms with van der Waals surface area (Å²) in [5.74, 6) is 2.81. The molecule has 2 aromatic heterocycles. The van der Waals surface area contributed by atoms with Crippen LogP contribution in [-0.2, 0) is 11.2 Å². The van der Waals surface area contributed by atoms with Gasteiger partial charge in [0.1, 0.15) is 23.0 Å². The summed E-state index contributed by atoms with van der Waals surface area (Å²) in [7, 11) is 0. The van der Waals surface area contributed by atoms with Gasteiger partial charge in [-0.1, -0.05) is 146 Å². The molecule has 0 fully saturated rings. The second-order valence-corrected chi connectivity index (χ2v) is 15.4. The lowest BCUT2D eigenvalue weighted by Gasteiger charge is -2.23.